The molecular formula is C14H17N3O5. The smallest absolute Gasteiger partial charge is 0.310 e. The largest absolute Gasteiger partial charge is 0.469 e. The van der Waals surface area contributed by atoms with Crippen LogP contribution >= 0.6 is 0 Å². The number of nitro benzene ring substituents is 1. The van der Waals surface area contributed by atoms with E-state index in [2.05, 4.69) is 10.1 Å². The lowest BCUT2D eigenvalue weighted by molar-refractivity contribution is -0.384. The van der Waals surface area contributed by atoms with Crippen molar-refractivity contribution >= 4 is 23.3 Å². The van der Waals surface area contributed by atoms with Gasteiger partial charge in [0, 0.05) is 43.9 Å². The summed E-state index contributed by atoms with van der Waals surface area (Å²) in [6.07, 6.45) is 0.185. The summed E-state index contributed by atoms with van der Waals surface area (Å²) in [5, 5.41) is 13.6. The summed E-state index contributed by atoms with van der Waals surface area (Å²) in [4.78, 5) is 34.9. The molecule has 0 saturated carbocycles. The number of hydrogen-bond donors (Lipinski definition) is 1. The van der Waals surface area contributed by atoms with Gasteiger partial charge in [-0.2, -0.15) is 0 Å². The fourth-order valence-electron chi connectivity index (χ4n) is 2.35. The Morgan fingerprint density at radius 3 is 2.73 bits per heavy atom. The number of nitrogens with one attached hydrogen (secondary N) is 1. The Labute approximate surface area is 127 Å². The highest BCUT2D eigenvalue weighted by atomic mass is 16.6. The number of carbonyl (C=O) groups is 2. The number of nitrogens with zero attached hydrogens (tertiary/aromatic N) is 2. The van der Waals surface area contributed by atoms with E-state index in [1.807, 2.05) is 0 Å². The number of hydrogen-bond acceptors (Lipinski definition) is 6. The summed E-state index contributed by atoms with van der Waals surface area (Å²) in [7, 11) is 1.31. The van der Waals surface area contributed by atoms with E-state index in [9.17, 15) is 19.7 Å². The van der Waals surface area contributed by atoms with E-state index in [1.54, 1.807) is 17.0 Å². The Morgan fingerprint density at radius 2 is 2.14 bits per heavy atom. The summed E-state index contributed by atoms with van der Waals surface area (Å²) >= 11 is 0. The molecule has 8 heteroatoms. The summed E-state index contributed by atoms with van der Waals surface area (Å²) in [5.41, 5.74) is 0.767. The van der Waals surface area contributed by atoms with Crippen LogP contribution in [-0.4, -0.2) is 48.4 Å². The molecule has 1 heterocycles. The maximum Gasteiger partial charge on any atom is 0.310 e. The van der Waals surface area contributed by atoms with Crippen LogP contribution in [0.4, 0.5) is 11.4 Å². The maximum atomic E-state index is 11.8. The van der Waals surface area contributed by atoms with Crippen molar-refractivity contribution < 1.29 is 19.2 Å². The van der Waals surface area contributed by atoms with E-state index in [0.717, 1.165) is 5.69 Å². The third-order valence-corrected chi connectivity index (χ3v) is 3.54. The molecule has 0 aromatic heterocycles. The van der Waals surface area contributed by atoms with Gasteiger partial charge in [0.05, 0.1) is 18.0 Å². The summed E-state index contributed by atoms with van der Waals surface area (Å²) in [6, 6.07) is 6.05. The minimum Gasteiger partial charge on any atom is -0.469 e. The first-order valence-corrected chi connectivity index (χ1v) is 6.85. The van der Waals surface area contributed by atoms with Crippen LogP contribution < -0.4 is 5.32 Å². The van der Waals surface area contributed by atoms with Crippen molar-refractivity contribution in [2.45, 2.75) is 6.42 Å². The van der Waals surface area contributed by atoms with Gasteiger partial charge >= 0.3 is 5.97 Å². The molecule has 1 aromatic carbocycles. The van der Waals surface area contributed by atoms with E-state index in [0.29, 0.717) is 19.6 Å². The molecule has 0 unspecified atom stereocenters. The molecule has 1 fully saturated rings. The van der Waals surface area contributed by atoms with E-state index in [4.69, 9.17) is 0 Å². The van der Waals surface area contributed by atoms with Crippen LogP contribution in [0.3, 0.4) is 0 Å². The number of ether oxygens (including phenoxy) is 1. The second-order valence-electron chi connectivity index (χ2n) is 4.99. The van der Waals surface area contributed by atoms with Gasteiger partial charge in [-0.1, -0.05) is 0 Å². The average molecular weight is 307 g/mol. The Kier molecular flexibility index (Phi) is 4.92. The lowest BCUT2D eigenvalue weighted by Crippen LogP contribution is -2.31. The highest BCUT2D eigenvalue weighted by Crippen LogP contribution is 2.19. The predicted octanol–water partition coefficient (Wildman–Crippen LogP) is 1.03. The molecule has 22 heavy (non-hydrogen) atoms. The Hall–Kier alpha value is -2.64. The first kappa shape index (κ1) is 15.7. The molecule has 2 rings (SSSR count). The van der Waals surface area contributed by atoms with Crippen LogP contribution in [0.5, 0.6) is 0 Å². The van der Waals surface area contributed by atoms with Gasteiger partial charge in [0.2, 0.25) is 5.91 Å². The van der Waals surface area contributed by atoms with Gasteiger partial charge in [-0.05, 0) is 12.1 Å². The highest BCUT2D eigenvalue weighted by Gasteiger charge is 2.34. The van der Waals surface area contributed by atoms with Crippen LogP contribution in [0.25, 0.3) is 0 Å². The number of nitro groups is 1. The van der Waals surface area contributed by atoms with E-state index < -0.39 is 10.8 Å². The number of methoxy groups -OCH3 is 1. The molecule has 0 spiro atoms. The minimum atomic E-state index is -0.459. The van der Waals surface area contributed by atoms with E-state index >= 15 is 0 Å². The monoisotopic (exact) mass is 307 g/mol. The highest BCUT2D eigenvalue weighted by molar-refractivity contribution is 5.86. The third kappa shape index (κ3) is 3.72. The zero-order chi connectivity index (χ0) is 16.1. The Balaban J connectivity index is 1.80. The Bertz CT molecular complexity index is 572. The zero-order valence-corrected chi connectivity index (χ0v) is 12.2. The zero-order valence-electron chi connectivity index (χ0n) is 12.2. The molecule has 1 atom stereocenters. The molecule has 0 bridgehead atoms. The molecule has 8 nitrogen and oxygen atoms in total. The van der Waals surface area contributed by atoms with Crippen LogP contribution in [-0.2, 0) is 14.3 Å². The van der Waals surface area contributed by atoms with Crippen molar-refractivity contribution in [3.63, 3.8) is 0 Å². The van der Waals surface area contributed by atoms with Gasteiger partial charge in [-0.15, -0.1) is 0 Å². The number of benzene rings is 1. The van der Waals surface area contributed by atoms with Crippen LogP contribution in [0, 0.1) is 16.0 Å². The maximum absolute atomic E-state index is 11.8. The summed E-state index contributed by atoms with van der Waals surface area (Å²) in [6.45, 7) is 1.33. The van der Waals surface area contributed by atoms with Gasteiger partial charge < -0.3 is 15.0 Å². The van der Waals surface area contributed by atoms with Crippen molar-refractivity contribution in [1.29, 1.82) is 0 Å². The first-order chi connectivity index (χ1) is 10.5. The van der Waals surface area contributed by atoms with Crippen LogP contribution in [0.2, 0.25) is 0 Å². The van der Waals surface area contributed by atoms with Gasteiger partial charge in [0.15, 0.2) is 0 Å². The quantitative estimate of drug-likeness (QED) is 0.478. The van der Waals surface area contributed by atoms with E-state index in [-0.39, 0.29) is 24.0 Å². The van der Waals surface area contributed by atoms with Crippen molar-refractivity contribution in [3.05, 3.63) is 34.4 Å². The number of non-ortho nitro benzene ring substituents is 1. The third-order valence-electron chi connectivity index (χ3n) is 3.54. The molecule has 0 radical (unpaired) electrons. The van der Waals surface area contributed by atoms with Gasteiger partial charge in [0.25, 0.3) is 5.69 Å². The number of rotatable bonds is 6. The molecule has 1 amide bonds. The van der Waals surface area contributed by atoms with Gasteiger partial charge in [-0.25, -0.2) is 0 Å². The number of likely N-dealkylation sites (tertiary alicyclic amines) is 1. The van der Waals surface area contributed by atoms with Crippen molar-refractivity contribution in [2.24, 2.45) is 5.92 Å². The second-order valence-corrected chi connectivity index (χ2v) is 4.99. The topological polar surface area (TPSA) is 102 Å². The van der Waals surface area contributed by atoms with Crippen molar-refractivity contribution in [3.8, 4) is 0 Å². The molecule has 1 N–H and O–H groups in total. The molecule has 1 saturated heterocycles. The molecule has 118 valence electrons. The number of carbonyl (C=O) groups excluding carboxylic acids is 2. The minimum absolute atomic E-state index is 0.0289. The standard InChI is InChI=1S/C14H17N3O5/c1-22-14(19)10-8-13(18)16(9-10)7-6-15-11-2-4-12(5-3-11)17(20)21/h2-5,10,15H,6-9H2,1H3/t10-/m1/s1. The van der Waals surface area contributed by atoms with E-state index in [1.165, 1.54) is 19.2 Å². The number of amides is 1. The molecule has 1 aliphatic heterocycles. The number of anilines is 1. The van der Waals surface area contributed by atoms with Crippen LogP contribution in [0.15, 0.2) is 24.3 Å². The molecular weight excluding hydrogens is 290 g/mol. The van der Waals surface area contributed by atoms with Gasteiger partial charge in [-0.3, -0.25) is 19.7 Å². The van der Waals surface area contributed by atoms with Crippen molar-refractivity contribution in [1.82, 2.24) is 4.90 Å². The van der Waals surface area contributed by atoms with Crippen molar-refractivity contribution in [2.75, 3.05) is 32.1 Å². The fourth-order valence-corrected chi connectivity index (χ4v) is 2.35. The van der Waals surface area contributed by atoms with Crippen LogP contribution in [0.1, 0.15) is 6.42 Å². The predicted molar refractivity (Wildman–Crippen MR) is 78.3 cm³/mol. The molecule has 1 aliphatic rings. The Morgan fingerprint density at radius 1 is 1.45 bits per heavy atom. The summed E-state index contributed by atoms with van der Waals surface area (Å²) < 4.78 is 4.65. The number of esters is 1. The lowest BCUT2D eigenvalue weighted by atomic mass is 10.1. The summed E-state index contributed by atoms with van der Waals surface area (Å²) in [5.74, 6) is -0.822. The fraction of sp³-hybridized carbons (Fsp3) is 0.429. The second kappa shape index (κ2) is 6.88. The molecule has 1 aromatic rings. The normalized spacial score (nSPS) is 17.4. The average Bonchev–Trinajstić information content (AvgIpc) is 2.88. The SMILES string of the molecule is COC(=O)[C@@H]1CC(=O)N(CCNc2ccc([N+](=O)[O-])cc2)C1. The molecule has 0 aliphatic carbocycles. The lowest BCUT2D eigenvalue weighted by Gasteiger charge is -2.17. The van der Waals surface area contributed by atoms with Gasteiger partial charge in [0.1, 0.15) is 0 Å². The first-order valence-electron chi connectivity index (χ1n) is 6.85.